The Morgan fingerprint density at radius 1 is 0.812 bits per heavy atom. The molecule has 0 amide bonds. The van der Waals surface area contributed by atoms with Crippen LogP contribution in [0.25, 0.3) is 10.8 Å². The maximum atomic E-state index is 13.3. The Bertz CT molecular complexity index is 1240. The molecule has 160 valence electrons. The molecule has 3 nitrogen and oxygen atoms in total. The van der Waals surface area contributed by atoms with Crippen LogP contribution in [0.3, 0.4) is 0 Å². The van der Waals surface area contributed by atoms with Crippen molar-refractivity contribution in [3.63, 3.8) is 0 Å². The molecule has 4 heteroatoms. The molecule has 1 heterocycles. The van der Waals surface area contributed by atoms with Crippen molar-refractivity contribution in [2.45, 2.75) is 32.6 Å². The van der Waals surface area contributed by atoms with E-state index in [4.69, 9.17) is 4.74 Å². The van der Waals surface area contributed by atoms with Crippen molar-refractivity contribution in [1.29, 1.82) is 0 Å². The molecule has 0 saturated carbocycles. The molecular weight excluding hydrogens is 399 g/mol. The fraction of sp³-hybridized carbons (Fsp3) is 0.214. The molecule has 4 rings (SSSR count). The van der Waals surface area contributed by atoms with Crippen molar-refractivity contribution >= 4 is 10.8 Å². The zero-order chi connectivity index (χ0) is 22.2. The standard InChI is InChI=1S/C28H25FN2O/c1-2-3-16-32-27-19-30-28(31-20-27)15-11-22-6-4-21(5-7-22)8-9-23-10-12-25-18-26(29)14-13-24(25)17-23/h4-7,10,12-14,17-20H,2-3,11,15-16H2,1H3. The predicted molar refractivity (Wildman–Crippen MR) is 126 cm³/mol. The molecule has 4 aromatic rings. The molecule has 0 spiro atoms. The lowest BCUT2D eigenvalue weighted by Crippen LogP contribution is -2.01. The Morgan fingerprint density at radius 2 is 1.50 bits per heavy atom. The van der Waals surface area contributed by atoms with E-state index in [1.165, 1.54) is 17.7 Å². The van der Waals surface area contributed by atoms with Gasteiger partial charge < -0.3 is 4.74 Å². The van der Waals surface area contributed by atoms with Crippen LogP contribution in [-0.2, 0) is 12.8 Å². The summed E-state index contributed by atoms with van der Waals surface area (Å²) in [4.78, 5) is 8.80. The topological polar surface area (TPSA) is 35.0 Å². The van der Waals surface area contributed by atoms with E-state index >= 15 is 0 Å². The minimum atomic E-state index is -0.226. The Hall–Kier alpha value is -3.71. The number of hydrogen-bond donors (Lipinski definition) is 0. The van der Waals surface area contributed by atoms with Crippen LogP contribution in [-0.4, -0.2) is 16.6 Å². The number of unbranched alkanes of at least 4 members (excludes halogenated alkanes) is 1. The molecule has 0 aliphatic carbocycles. The highest BCUT2D eigenvalue weighted by molar-refractivity contribution is 5.83. The number of benzene rings is 3. The predicted octanol–water partition coefficient (Wildman–Crippen LogP) is 6.13. The van der Waals surface area contributed by atoms with Crippen LogP contribution in [0.15, 0.2) is 73.1 Å². The van der Waals surface area contributed by atoms with E-state index in [0.29, 0.717) is 6.61 Å². The Morgan fingerprint density at radius 3 is 2.28 bits per heavy atom. The summed E-state index contributed by atoms with van der Waals surface area (Å²) < 4.78 is 18.9. The molecule has 0 bridgehead atoms. The second-order valence-corrected chi connectivity index (χ2v) is 7.69. The van der Waals surface area contributed by atoms with Gasteiger partial charge in [0, 0.05) is 17.5 Å². The van der Waals surface area contributed by atoms with E-state index < -0.39 is 0 Å². The number of aryl methyl sites for hydroxylation is 2. The van der Waals surface area contributed by atoms with Gasteiger partial charge in [-0.2, -0.15) is 0 Å². The average molecular weight is 425 g/mol. The van der Waals surface area contributed by atoms with Gasteiger partial charge in [0.15, 0.2) is 5.75 Å². The van der Waals surface area contributed by atoms with Gasteiger partial charge in [-0.25, -0.2) is 14.4 Å². The van der Waals surface area contributed by atoms with E-state index in [2.05, 4.69) is 40.9 Å². The van der Waals surface area contributed by atoms with Crippen molar-refractivity contribution < 1.29 is 9.13 Å². The summed E-state index contributed by atoms with van der Waals surface area (Å²) in [5.74, 6) is 7.71. The molecular formula is C28H25FN2O. The average Bonchev–Trinajstić information content (AvgIpc) is 2.83. The first-order chi connectivity index (χ1) is 15.7. The number of rotatable bonds is 7. The molecule has 0 radical (unpaired) electrons. The van der Waals surface area contributed by atoms with Crippen LogP contribution >= 0.6 is 0 Å². The maximum absolute atomic E-state index is 13.3. The van der Waals surface area contributed by atoms with E-state index in [-0.39, 0.29) is 5.82 Å². The van der Waals surface area contributed by atoms with Crippen LogP contribution in [0, 0.1) is 17.7 Å². The van der Waals surface area contributed by atoms with Crippen molar-refractivity contribution in [3.05, 3.63) is 101 Å². The fourth-order valence-electron chi connectivity index (χ4n) is 3.33. The summed E-state index contributed by atoms with van der Waals surface area (Å²) in [6.07, 6.45) is 7.28. The lowest BCUT2D eigenvalue weighted by Gasteiger charge is -2.05. The lowest BCUT2D eigenvalue weighted by molar-refractivity contribution is 0.306. The van der Waals surface area contributed by atoms with E-state index in [0.717, 1.165) is 59.2 Å². The Labute approximate surface area is 188 Å². The number of fused-ring (bicyclic) bond motifs is 1. The lowest BCUT2D eigenvalue weighted by atomic mass is 10.1. The number of nitrogens with zero attached hydrogens (tertiary/aromatic N) is 2. The van der Waals surface area contributed by atoms with Gasteiger partial charge in [-0.1, -0.05) is 49.5 Å². The van der Waals surface area contributed by atoms with E-state index in [1.54, 1.807) is 18.5 Å². The third-order valence-corrected chi connectivity index (χ3v) is 5.19. The minimum absolute atomic E-state index is 0.226. The molecule has 0 saturated heterocycles. The Balaban J connectivity index is 1.33. The first-order valence-electron chi connectivity index (χ1n) is 10.9. The van der Waals surface area contributed by atoms with Gasteiger partial charge in [-0.15, -0.1) is 0 Å². The van der Waals surface area contributed by atoms with Gasteiger partial charge in [0.2, 0.25) is 0 Å². The third kappa shape index (κ3) is 5.92. The van der Waals surface area contributed by atoms with Crippen molar-refractivity contribution in [2.75, 3.05) is 6.61 Å². The zero-order valence-electron chi connectivity index (χ0n) is 18.1. The molecule has 3 aromatic carbocycles. The number of hydrogen-bond acceptors (Lipinski definition) is 3. The molecule has 0 fully saturated rings. The molecule has 0 aliphatic heterocycles. The van der Waals surface area contributed by atoms with Crippen molar-refractivity contribution in [3.8, 4) is 17.6 Å². The van der Waals surface area contributed by atoms with E-state index in [1.807, 2.05) is 30.3 Å². The summed E-state index contributed by atoms with van der Waals surface area (Å²) in [7, 11) is 0. The SMILES string of the molecule is CCCCOc1cnc(CCc2ccc(C#Cc3ccc4cc(F)ccc4c3)cc2)nc1. The van der Waals surface area contributed by atoms with Crippen LogP contribution < -0.4 is 4.74 Å². The third-order valence-electron chi connectivity index (χ3n) is 5.19. The maximum Gasteiger partial charge on any atom is 0.155 e. The summed E-state index contributed by atoms with van der Waals surface area (Å²) in [5, 5.41) is 1.86. The second-order valence-electron chi connectivity index (χ2n) is 7.69. The molecule has 32 heavy (non-hydrogen) atoms. The van der Waals surface area contributed by atoms with Crippen LogP contribution in [0.5, 0.6) is 5.75 Å². The fourth-order valence-corrected chi connectivity index (χ4v) is 3.33. The number of halogens is 1. The quantitative estimate of drug-likeness (QED) is 0.264. The normalized spacial score (nSPS) is 10.6. The Kier molecular flexibility index (Phi) is 7.09. The monoisotopic (exact) mass is 424 g/mol. The van der Waals surface area contributed by atoms with Gasteiger partial charge in [-0.3, -0.25) is 0 Å². The molecule has 0 unspecified atom stereocenters. The number of ether oxygens (including phenoxy) is 1. The van der Waals surface area contributed by atoms with Gasteiger partial charge in [0.25, 0.3) is 0 Å². The summed E-state index contributed by atoms with van der Waals surface area (Å²) in [6.45, 7) is 2.84. The van der Waals surface area contributed by atoms with E-state index in [9.17, 15) is 4.39 Å². The summed E-state index contributed by atoms with van der Waals surface area (Å²) in [5.41, 5.74) is 3.08. The summed E-state index contributed by atoms with van der Waals surface area (Å²) >= 11 is 0. The van der Waals surface area contributed by atoms with Crippen LogP contribution in [0.2, 0.25) is 0 Å². The highest BCUT2D eigenvalue weighted by Crippen LogP contribution is 2.17. The largest absolute Gasteiger partial charge is 0.490 e. The van der Waals surface area contributed by atoms with Gasteiger partial charge in [0.1, 0.15) is 11.6 Å². The first-order valence-corrected chi connectivity index (χ1v) is 10.9. The smallest absolute Gasteiger partial charge is 0.155 e. The van der Waals surface area contributed by atoms with Crippen molar-refractivity contribution in [1.82, 2.24) is 9.97 Å². The molecule has 1 aromatic heterocycles. The van der Waals surface area contributed by atoms with Crippen molar-refractivity contribution in [2.24, 2.45) is 0 Å². The first kappa shape index (κ1) is 21.5. The highest BCUT2D eigenvalue weighted by Gasteiger charge is 2.01. The summed E-state index contributed by atoms with van der Waals surface area (Å²) in [6, 6.07) is 18.8. The van der Waals surface area contributed by atoms with Crippen LogP contribution in [0.4, 0.5) is 4.39 Å². The number of aromatic nitrogens is 2. The molecule has 0 N–H and O–H groups in total. The molecule has 0 atom stereocenters. The van der Waals surface area contributed by atoms with Gasteiger partial charge in [-0.05, 0) is 65.6 Å². The van der Waals surface area contributed by atoms with Crippen LogP contribution in [0.1, 0.15) is 42.3 Å². The van der Waals surface area contributed by atoms with Gasteiger partial charge in [0.05, 0.1) is 19.0 Å². The van der Waals surface area contributed by atoms with Gasteiger partial charge >= 0.3 is 0 Å². The zero-order valence-corrected chi connectivity index (χ0v) is 18.1. The highest BCUT2D eigenvalue weighted by atomic mass is 19.1. The molecule has 0 aliphatic rings. The second kappa shape index (κ2) is 10.5. The minimum Gasteiger partial charge on any atom is -0.490 e.